The van der Waals surface area contributed by atoms with Gasteiger partial charge in [-0.3, -0.25) is 0 Å². The number of hydrogen-bond acceptors (Lipinski definition) is 2. The Kier molecular flexibility index (Phi) is 4.74. The smallest absolute Gasteiger partial charge is 0.00769 e. The maximum atomic E-state index is 3.55. The highest BCUT2D eigenvalue weighted by Crippen LogP contribution is 2.48. The molecule has 0 atom stereocenters. The van der Waals surface area contributed by atoms with Crippen LogP contribution in [0.2, 0.25) is 0 Å². The maximum Gasteiger partial charge on any atom is 0.00769 e. The van der Waals surface area contributed by atoms with Crippen LogP contribution in [0, 0.1) is 5.41 Å². The minimum Gasteiger partial charge on any atom is -0.316 e. The Hall–Kier alpha value is -0.0800. The second-order valence-corrected chi connectivity index (χ2v) is 4.28. The van der Waals surface area contributed by atoms with E-state index in [0.29, 0.717) is 5.41 Å². The fourth-order valence-electron chi connectivity index (χ4n) is 1.93. The molecule has 2 heteroatoms. The summed E-state index contributed by atoms with van der Waals surface area (Å²) < 4.78 is 0. The molecule has 1 aliphatic carbocycles. The summed E-state index contributed by atoms with van der Waals surface area (Å²) in [6.45, 7) is 9.00. The van der Waals surface area contributed by atoms with Crippen molar-refractivity contribution in [1.29, 1.82) is 0 Å². The largest absolute Gasteiger partial charge is 0.316 e. The molecule has 0 aromatic rings. The van der Waals surface area contributed by atoms with Gasteiger partial charge in [0.1, 0.15) is 0 Å². The van der Waals surface area contributed by atoms with Crippen molar-refractivity contribution in [2.75, 3.05) is 26.2 Å². The van der Waals surface area contributed by atoms with Crippen molar-refractivity contribution in [2.45, 2.75) is 39.5 Å². The van der Waals surface area contributed by atoms with E-state index in [4.69, 9.17) is 0 Å². The first-order chi connectivity index (χ1) is 6.33. The topological polar surface area (TPSA) is 24.1 Å². The number of likely N-dealkylation sites (N-methyl/N-ethyl adjacent to an activating group) is 1. The second kappa shape index (κ2) is 5.61. The molecule has 0 bridgehead atoms. The summed E-state index contributed by atoms with van der Waals surface area (Å²) >= 11 is 0. The first-order valence-corrected chi connectivity index (χ1v) is 5.74. The molecule has 78 valence electrons. The summed E-state index contributed by atoms with van der Waals surface area (Å²) in [6.07, 6.45) is 5.67. The van der Waals surface area contributed by atoms with E-state index < -0.39 is 0 Å². The van der Waals surface area contributed by atoms with Crippen molar-refractivity contribution in [1.82, 2.24) is 10.6 Å². The third-order valence-corrected chi connectivity index (χ3v) is 2.97. The molecule has 0 aliphatic heterocycles. The van der Waals surface area contributed by atoms with Gasteiger partial charge < -0.3 is 10.6 Å². The Morgan fingerprint density at radius 1 is 1.08 bits per heavy atom. The van der Waals surface area contributed by atoms with Crippen LogP contribution in [0.15, 0.2) is 0 Å². The van der Waals surface area contributed by atoms with E-state index in [9.17, 15) is 0 Å². The molecule has 1 fully saturated rings. The Morgan fingerprint density at radius 3 is 2.31 bits per heavy atom. The predicted octanol–water partition coefficient (Wildman–Crippen LogP) is 1.77. The summed E-state index contributed by atoms with van der Waals surface area (Å²) in [5, 5.41) is 6.87. The van der Waals surface area contributed by atoms with Crippen molar-refractivity contribution < 1.29 is 0 Å². The minimum absolute atomic E-state index is 0.709. The lowest BCUT2D eigenvalue weighted by atomic mass is 10.0. The molecule has 1 aliphatic rings. The molecular weight excluding hydrogens is 160 g/mol. The van der Waals surface area contributed by atoms with Crippen molar-refractivity contribution in [3.05, 3.63) is 0 Å². The third kappa shape index (κ3) is 4.10. The summed E-state index contributed by atoms with van der Waals surface area (Å²) in [5.74, 6) is 0. The van der Waals surface area contributed by atoms with Gasteiger partial charge in [-0.2, -0.15) is 0 Å². The monoisotopic (exact) mass is 184 g/mol. The molecule has 0 amide bonds. The lowest BCUT2D eigenvalue weighted by molar-refractivity contribution is 0.420. The highest BCUT2D eigenvalue weighted by molar-refractivity contribution is 4.94. The van der Waals surface area contributed by atoms with Crippen LogP contribution in [0.25, 0.3) is 0 Å². The van der Waals surface area contributed by atoms with Gasteiger partial charge in [-0.1, -0.05) is 20.3 Å². The van der Waals surface area contributed by atoms with Crippen molar-refractivity contribution in [2.24, 2.45) is 5.41 Å². The van der Waals surface area contributed by atoms with Crippen LogP contribution in [-0.4, -0.2) is 26.2 Å². The molecular formula is C11H24N2. The molecule has 2 nitrogen and oxygen atoms in total. The third-order valence-electron chi connectivity index (χ3n) is 2.97. The molecule has 0 aromatic carbocycles. The van der Waals surface area contributed by atoms with Gasteiger partial charge in [0.2, 0.25) is 0 Å². The Balaban J connectivity index is 1.93. The lowest BCUT2D eigenvalue weighted by Crippen LogP contribution is -2.31. The second-order valence-electron chi connectivity index (χ2n) is 4.28. The first-order valence-electron chi connectivity index (χ1n) is 5.74. The fraction of sp³-hybridized carbons (Fsp3) is 1.00. The molecule has 0 saturated heterocycles. The van der Waals surface area contributed by atoms with Gasteiger partial charge in [-0.15, -0.1) is 0 Å². The zero-order valence-electron chi connectivity index (χ0n) is 9.16. The van der Waals surface area contributed by atoms with Crippen molar-refractivity contribution in [3.63, 3.8) is 0 Å². The van der Waals surface area contributed by atoms with Gasteiger partial charge in [0, 0.05) is 19.6 Å². The van der Waals surface area contributed by atoms with E-state index in [2.05, 4.69) is 24.5 Å². The summed E-state index contributed by atoms with van der Waals surface area (Å²) in [4.78, 5) is 0. The van der Waals surface area contributed by atoms with Gasteiger partial charge in [0.25, 0.3) is 0 Å². The lowest BCUT2D eigenvalue weighted by Gasteiger charge is -2.14. The van der Waals surface area contributed by atoms with Crippen molar-refractivity contribution >= 4 is 0 Å². The van der Waals surface area contributed by atoms with E-state index >= 15 is 0 Å². The van der Waals surface area contributed by atoms with Gasteiger partial charge in [-0.25, -0.2) is 0 Å². The molecule has 1 saturated carbocycles. The van der Waals surface area contributed by atoms with Crippen LogP contribution >= 0.6 is 0 Å². The first kappa shape index (κ1) is 11.0. The summed E-state index contributed by atoms with van der Waals surface area (Å²) in [5.41, 5.74) is 0.709. The molecule has 1 rings (SSSR count). The van der Waals surface area contributed by atoms with E-state index in [1.165, 1.54) is 32.2 Å². The standard InChI is InChI=1S/C11H24N2/c1-3-5-11(6-7-11)10-13-9-8-12-4-2/h12-13H,3-10H2,1-2H3. The van der Waals surface area contributed by atoms with Crippen LogP contribution < -0.4 is 10.6 Å². The summed E-state index contributed by atoms with van der Waals surface area (Å²) in [6, 6.07) is 0. The average molecular weight is 184 g/mol. The van der Waals surface area contributed by atoms with E-state index in [1.54, 1.807) is 0 Å². The van der Waals surface area contributed by atoms with Gasteiger partial charge in [-0.05, 0) is 31.2 Å². The normalized spacial score (nSPS) is 18.9. The van der Waals surface area contributed by atoms with E-state index in [-0.39, 0.29) is 0 Å². The Labute approximate surface area is 82.5 Å². The Morgan fingerprint density at radius 2 is 1.77 bits per heavy atom. The number of hydrogen-bond donors (Lipinski definition) is 2. The number of rotatable bonds is 8. The molecule has 0 unspecified atom stereocenters. The number of nitrogens with one attached hydrogen (secondary N) is 2. The van der Waals surface area contributed by atoms with Gasteiger partial charge in [0.15, 0.2) is 0 Å². The molecule has 0 radical (unpaired) electrons. The minimum atomic E-state index is 0.709. The zero-order chi connectivity index (χ0) is 9.57. The van der Waals surface area contributed by atoms with Crippen LogP contribution in [0.1, 0.15) is 39.5 Å². The highest BCUT2D eigenvalue weighted by Gasteiger charge is 2.40. The molecule has 0 heterocycles. The average Bonchev–Trinajstić information content (AvgIpc) is 2.86. The highest BCUT2D eigenvalue weighted by atomic mass is 14.9. The van der Waals surface area contributed by atoms with Gasteiger partial charge in [0.05, 0.1) is 0 Å². The van der Waals surface area contributed by atoms with Crippen LogP contribution in [0.5, 0.6) is 0 Å². The van der Waals surface area contributed by atoms with Crippen molar-refractivity contribution in [3.8, 4) is 0 Å². The van der Waals surface area contributed by atoms with E-state index in [0.717, 1.165) is 19.6 Å². The zero-order valence-corrected chi connectivity index (χ0v) is 9.16. The SMILES string of the molecule is CCCC1(CNCCNCC)CC1. The van der Waals surface area contributed by atoms with Gasteiger partial charge >= 0.3 is 0 Å². The quantitative estimate of drug-likeness (QED) is 0.562. The molecule has 0 spiro atoms. The molecule has 0 aromatic heterocycles. The van der Waals surface area contributed by atoms with Crippen LogP contribution in [0.3, 0.4) is 0 Å². The predicted molar refractivity (Wildman–Crippen MR) is 58.0 cm³/mol. The molecule has 13 heavy (non-hydrogen) atoms. The van der Waals surface area contributed by atoms with Crippen LogP contribution in [-0.2, 0) is 0 Å². The fourth-order valence-corrected chi connectivity index (χ4v) is 1.93. The van der Waals surface area contributed by atoms with Crippen LogP contribution in [0.4, 0.5) is 0 Å². The van der Waals surface area contributed by atoms with E-state index in [1.807, 2.05) is 0 Å². The molecule has 2 N–H and O–H groups in total. The maximum absolute atomic E-state index is 3.55. The summed E-state index contributed by atoms with van der Waals surface area (Å²) in [7, 11) is 0. The Bertz CT molecular complexity index is 130.